The molecule has 0 amide bonds. The highest BCUT2D eigenvalue weighted by atomic mass is 79.9. The van der Waals surface area contributed by atoms with E-state index in [4.69, 9.17) is 4.74 Å². The van der Waals surface area contributed by atoms with Crippen LogP contribution in [0.2, 0.25) is 0 Å². The highest BCUT2D eigenvalue weighted by Crippen LogP contribution is 2.32. The largest absolute Gasteiger partial charge is 0.373 e. The van der Waals surface area contributed by atoms with Crippen molar-refractivity contribution in [3.63, 3.8) is 0 Å². The first-order chi connectivity index (χ1) is 12.0. The Morgan fingerprint density at radius 3 is 2.68 bits per heavy atom. The van der Waals surface area contributed by atoms with E-state index in [1.807, 2.05) is 19.1 Å². The van der Waals surface area contributed by atoms with Gasteiger partial charge in [-0.25, -0.2) is 17.4 Å². The zero-order valence-corrected chi connectivity index (χ0v) is 15.8. The van der Waals surface area contributed by atoms with Crippen LogP contribution in [0.3, 0.4) is 0 Å². The van der Waals surface area contributed by atoms with E-state index >= 15 is 0 Å². The molecule has 3 aromatic rings. The molecule has 0 saturated heterocycles. The molecular formula is C18H15BrN2O3S. The maximum atomic E-state index is 13.1. The normalized spacial score (nSPS) is 14.9. The number of aromatic nitrogens is 2. The first-order valence-electron chi connectivity index (χ1n) is 7.73. The van der Waals surface area contributed by atoms with Crippen molar-refractivity contribution in [2.45, 2.75) is 11.8 Å². The number of pyridine rings is 1. The molecule has 0 N–H and O–H groups in total. The third-order valence-corrected chi connectivity index (χ3v) is 6.31. The Morgan fingerprint density at radius 2 is 2.00 bits per heavy atom. The predicted octanol–water partition coefficient (Wildman–Crippen LogP) is 3.76. The molecule has 0 spiro atoms. The maximum Gasteiger partial charge on any atom is 0.269 e. The van der Waals surface area contributed by atoms with Crippen molar-refractivity contribution in [3.05, 3.63) is 64.4 Å². The second-order valence-electron chi connectivity index (χ2n) is 5.93. The lowest BCUT2D eigenvalue weighted by molar-refractivity contribution is 0.216. The van der Waals surface area contributed by atoms with E-state index in [9.17, 15) is 8.42 Å². The average molecular weight is 419 g/mol. The Kier molecular flexibility index (Phi) is 4.02. The molecule has 1 aliphatic heterocycles. The van der Waals surface area contributed by atoms with Gasteiger partial charge in [-0.2, -0.15) is 0 Å². The molecule has 1 aromatic carbocycles. The van der Waals surface area contributed by atoms with Crippen molar-refractivity contribution in [2.24, 2.45) is 0 Å². The van der Waals surface area contributed by atoms with Crippen LogP contribution in [0.25, 0.3) is 16.6 Å². The van der Waals surface area contributed by atoms with Gasteiger partial charge in [0.25, 0.3) is 10.0 Å². The number of hydrogen-bond donors (Lipinski definition) is 0. The van der Waals surface area contributed by atoms with E-state index in [1.54, 1.807) is 36.7 Å². The first kappa shape index (κ1) is 16.5. The van der Waals surface area contributed by atoms with Crippen LogP contribution in [0.1, 0.15) is 11.1 Å². The van der Waals surface area contributed by atoms with Gasteiger partial charge < -0.3 is 4.74 Å². The number of halogens is 1. The van der Waals surface area contributed by atoms with Crippen molar-refractivity contribution < 1.29 is 13.2 Å². The van der Waals surface area contributed by atoms with Gasteiger partial charge in [0.15, 0.2) is 5.65 Å². The van der Waals surface area contributed by atoms with E-state index in [2.05, 4.69) is 20.9 Å². The summed E-state index contributed by atoms with van der Waals surface area (Å²) >= 11 is 3.42. The molecule has 3 heterocycles. The molecular weight excluding hydrogens is 404 g/mol. The van der Waals surface area contributed by atoms with Crippen molar-refractivity contribution in [2.75, 3.05) is 13.2 Å². The van der Waals surface area contributed by atoms with Gasteiger partial charge in [-0.15, -0.1) is 0 Å². The van der Waals surface area contributed by atoms with Crippen LogP contribution >= 0.6 is 15.9 Å². The third kappa shape index (κ3) is 2.82. The van der Waals surface area contributed by atoms with Crippen LogP contribution in [0, 0.1) is 6.92 Å². The molecule has 128 valence electrons. The van der Waals surface area contributed by atoms with E-state index in [1.165, 1.54) is 3.97 Å². The summed E-state index contributed by atoms with van der Waals surface area (Å²) in [5.74, 6) is 0. The predicted molar refractivity (Wildman–Crippen MR) is 100.0 cm³/mol. The fourth-order valence-corrected chi connectivity index (χ4v) is 4.55. The molecule has 1 aliphatic rings. The monoisotopic (exact) mass is 418 g/mol. The molecule has 0 atom stereocenters. The van der Waals surface area contributed by atoms with Gasteiger partial charge in [0.1, 0.15) is 0 Å². The lowest BCUT2D eigenvalue weighted by Gasteiger charge is -2.07. The van der Waals surface area contributed by atoms with Crippen LogP contribution in [0.5, 0.6) is 0 Å². The van der Waals surface area contributed by atoms with Crippen LogP contribution in [-0.4, -0.2) is 30.6 Å². The topological polar surface area (TPSA) is 61.2 Å². The van der Waals surface area contributed by atoms with E-state index < -0.39 is 10.0 Å². The summed E-state index contributed by atoms with van der Waals surface area (Å²) < 4.78 is 33.7. The Hall–Kier alpha value is -1.96. The standard InChI is InChI=1S/C18H15BrN2O3S/c1-12-2-4-15(5-3-12)25(22,23)21-10-17(13-6-7-24-11-13)16-8-14(19)9-20-18(16)21/h2-6,8-10H,7,11H2,1H3. The SMILES string of the molecule is Cc1ccc(S(=O)(=O)n2cc(C3=CCOC3)c3cc(Br)cnc32)cc1. The molecule has 0 aliphatic carbocycles. The van der Waals surface area contributed by atoms with Crippen molar-refractivity contribution in [3.8, 4) is 0 Å². The Labute approximate surface area is 154 Å². The summed E-state index contributed by atoms with van der Waals surface area (Å²) in [4.78, 5) is 4.59. The highest BCUT2D eigenvalue weighted by molar-refractivity contribution is 9.10. The minimum atomic E-state index is -3.73. The lowest BCUT2D eigenvalue weighted by Crippen LogP contribution is -2.12. The lowest BCUT2D eigenvalue weighted by atomic mass is 10.1. The number of hydrogen-bond acceptors (Lipinski definition) is 4. The molecule has 0 saturated carbocycles. The minimum Gasteiger partial charge on any atom is -0.373 e. The third-order valence-electron chi connectivity index (χ3n) is 4.21. The number of fused-ring (bicyclic) bond motifs is 1. The summed E-state index contributed by atoms with van der Waals surface area (Å²) in [6, 6.07) is 8.70. The van der Waals surface area contributed by atoms with Gasteiger partial charge in [0.05, 0.1) is 18.1 Å². The van der Waals surface area contributed by atoms with Gasteiger partial charge in [-0.05, 0) is 46.6 Å². The number of nitrogens with zero attached hydrogens (tertiary/aromatic N) is 2. The van der Waals surface area contributed by atoms with E-state index in [0.29, 0.717) is 18.9 Å². The summed E-state index contributed by atoms with van der Waals surface area (Å²) in [6.07, 6.45) is 5.21. The van der Waals surface area contributed by atoms with Gasteiger partial charge in [-0.3, -0.25) is 0 Å². The van der Waals surface area contributed by atoms with Crippen LogP contribution in [0.4, 0.5) is 0 Å². The van der Waals surface area contributed by atoms with Gasteiger partial charge in [0.2, 0.25) is 0 Å². The zero-order valence-electron chi connectivity index (χ0n) is 13.4. The molecule has 0 bridgehead atoms. The molecule has 0 unspecified atom stereocenters. The Bertz CT molecular complexity index is 1100. The van der Waals surface area contributed by atoms with Gasteiger partial charge in [-0.1, -0.05) is 23.8 Å². The second-order valence-corrected chi connectivity index (χ2v) is 8.66. The Morgan fingerprint density at radius 1 is 1.24 bits per heavy atom. The number of ether oxygens (including phenoxy) is 1. The molecule has 0 fully saturated rings. The molecule has 7 heteroatoms. The van der Waals surface area contributed by atoms with Crippen molar-refractivity contribution in [1.29, 1.82) is 0 Å². The average Bonchev–Trinajstić information content (AvgIpc) is 3.22. The van der Waals surface area contributed by atoms with Crippen LogP contribution in [-0.2, 0) is 14.8 Å². The van der Waals surface area contributed by atoms with E-state index in [0.717, 1.165) is 26.6 Å². The second kappa shape index (κ2) is 6.09. The van der Waals surface area contributed by atoms with Crippen LogP contribution in [0.15, 0.2) is 58.2 Å². The molecule has 2 aromatic heterocycles. The van der Waals surface area contributed by atoms with Crippen molar-refractivity contribution in [1.82, 2.24) is 8.96 Å². The summed E-state index contributed by atoms with van der Waals surface area (Å²) in [5, 5.41) is 0.779. The Balaban J connectivity index is 1.97. The number of aryl methyl sites for hydroxylation is 1. The summed E-state index contributed by atoms with van der Waals surface area (Å²) in [5.41, 5.74) is 3.22. The zero-order chi connectivity index (χ0) is 17.6. The fourth-order valence-electron chi connectivity index (χ4n) is 2.89. The molecule has 4 rings (SSSR count). The fraction of sp³-hybridized carbons (Fsp3) is 0.167. The van der Waals surface area contributed by atoms with Crippen LogP contribution < -0.4 is 0 Å². The van der Waals surface area contributed by atoms with Gasteiger partial charge >= 0.3 is 0 Å². The highest BCUT2D eigenvalue weighted by Gasteiger charge is 2.24. The maximum absolute atomic E-state index is 13.1. The number of benzene rings is 1. The molecule has 5 nitrogen and oxygen atoms in total. The minimum absolute atomic E-state index is 0.239. The summed E-state index contributed by atoms with van der Waals surface area (Å²) in [7, 11) is -3.73. The first-order valence-corrected chi connectivity index (χ1v) is 9.96. The summed E-state index contributed by atoms with van der Waals surface area (Å²) in [6.45, 7) is 2.93. The number of rotatable bonds is 3. The molecule has 0 radical (unpaired) electrons. The van der Waals surface area contributed by atoms with Gasteiger partial charge in [0, 0.05) is 27.8 Å². The van der Waals surface area contributed by atoms with Crippen molar-refractivity contribution >= 4 is 42.6 Å². The smallest absolute Gasteiger partial charge is 0.269 e. The molecule has 25 heavy (non-hydrogen) atoms. The quantitative estimate of drug-likeness (QED) is 0.649. The van der Waals surface area contributed by atoms with E-state index in [-0.39, 0.29) is 4.90 Å².